The largest absolute Gasteiger partial charge is 0.493 e. The van der Waals surface area contributed by atoms with E-state index in [1.54, 1.807) is 18.2 Å². The summed E-state index contributed by atoms with van der Waals surface area (Å²) in [5.74, 6) is 0.283. The molecule has 1 radical (unpaired) electrons. The fraction of sp³-hybridized carbons (Fsp3) is 0.333. The van der Waals surface area contributed by atoms with Crippen molar-refractivity contribution in [2.24, 2.45) is 0 Å². The van der Waals surface area contributed by atoms with Gasteiger partial charge in [0.05, 0.1) is 6.61 Å². The van der Waals surface area contributed by atoms with Crippen LogP contribution in [0.4, 0.5) is 17.6 Å². The molecular weight excluding hydrogens is 324 g/mol. The standard InChI is InChI=1S/C18H17F4O2/c1-2-3-12-23-16-7-5-4-6-15(16)13-8-10-14(11-9-13)24-18(21,22)17(19)20/h4-5,7-11,17H,2-3,12H2,1H3. The fourth-order valence-corrected chi connectivity index (χ4v) is 1.99. The molecule has 0 heterocycles. The minimum Gasteiger partial charge on any atom is -0.493 e. The first-order valence-corrected chi connectivity index (χ1v) is 7.53. The van der Waals surface area contributed by atoms with Gasteiger partial charge in [0.2, 0.25) is 0 Å². The summed E-state index contributed by atoms with van der Waals surface area (Å²) in [6.45, 7) is 2.61. The van der Waals surface area contributed by atoms with Crippen LogP contribution in [-0.2, 0) is 0 Å². The number of ether oxygens (including phenoxy) is 2. The summed E-state index contributed by atoms with van der Waals surface area (Å²) < 4.78 is 59.8. The molecule has 24 heavy (non-hydrogen) atoms. The van der Waals surface area contributed by atoms with Gasteiger partial charge in [0.1, 0.15) is 11.5 Å². The zero-order chi connectivity index (χ0) is 17.6. The van der Waals surface area contributed by atoms with Crippen molar-refractivity contribution in [2.75, 3.05) is 6.61 Å². The number of halogens is 4. The second-order valence-electron chi connectivity index (χ2n) is 5.10. The van der Waals surface area contributed by atoms with E-state index in [-0.39, 0.29) is 5.75 Å². The van der Waals surface area contributed by atoms with Crippen LogP contribution in [0.15, 0.2) is 42.5 Å². The van der Waals surface area contributed by atoms with E-state index in [9.17, 15) is 17.6 Å². The molecule has 0 aliphatic heterocycles. The van der Waals surface area contributed by atoms with Crippen molar-refractivity contribution in [2.45, 2.75) is 32.3 Å². The van der Waals surface area contributed by atoms with Crippen molar-refractivity contribution in [3.8, 4) is 22.6 Å². The highest BCUT2D eigenvalue weighted by Crippen LogP contribution is 2.32. The Bertz CT molecular complexity index is 642. The maximum absolute atomic E-state index is 12.9. The van der Waals surface area contributed by atoms with Gasteiger partial charge < -0.3 is 9.47 Å². The minimum atomic E-state index is -4.52. The Morgan fingerprint density at radius 1 is 1.12 bits per heavy atom. The molecule has 0 atom stereocenters. The van der Waals surface area contributed by atoms with Crippen molar-refractivity contribution >= 4 is 0 Å². The molecule has 0 saturated carbocycles. The number of rotatable bonds is 8. The number of hydrogen-bond acceptors (Lipinski definition) is 2. The summed E-state index contributed by atoms with van der Waals surface area (Å²) in [7, 11) is 0. The first kappa shape index (κ1) is 18.1. The molecule has 0 N–H and O–H groups in total. The lowest BCUT2D eigenvalue weighted by molar-refractivity contribution is -0.253. The molecule has 0 fully saturated rings. The maximum atomic E-state index is 12.9. The number of benzene rings is 2. The molecule has 2 aromatic carbocycles. The topological polar surface area (TPSA) is 18.5 Å². The minimum absolute atomic E-state index is 0.339. The normalized spacial score (nSPS) is 11.6. The van der Waals surface area contributed by atoms with E-state index in [0.29, 0.717) is 23.5 Å². The average molecular weight is 341 g/mol. The molecule has 6 heteroatoms. The Kier molecular flexibility index (Phi) is 6.06. The Morgan fingerprint density at radius 3 is 2.46 bits per heavy atom. The van der Waals surface area contributed by atoms with Crippen LogP contribution < -0.4 is 9.47 Å². The van der Waals surface area contributed by atoms with Gasteiger partial charge in [0.15, 0.2) is 0 Å². The predicted octanol–water partition coefficient (Wildman–Crippen LogP) is 5.57. The summed E-state index contributed by atoms with van der Waals surface area (Å²) in [4.78, 5) is 0. The van der Waals surface area contributed by atoms with E-state index >= 15 is 0 Å². The van der Waals surface area contributed by atoms with Gasteiger partial charge >= 0.3 is 12.5 Å². The average Bonchev–Trinajstić information content (AvgIpc) is 2.56. The van der Waals surface area contributed by atoms with Crippen LogP contribution in [0.5, 0.6) is 11.5 Å². The Labute approximate surface area is 138 Å². The Hall–Kier alpha value is -2.24. The van der Waals surface area contributed by atoms with Crippen molar-refractivity contribution in [1.82, 2.24) is 0 Å². The van der Waals surface area contributed by atoms with Gasteiger partial charge in [-0.05, 0) is 36.2 Å². The molecule has 2 rings (SSSR count). The van der Waals surface area contributed by atoms with Crippen molar-refractivity contribution in [3.63, 3.8) is 0 Å². The predicted molar refractivity (Wildman–Crippen MR) is 82.7 cm³/mol. The van der Waals surface area contributed by atoms with Crippen LogP contribution in [0.25, 0.3) is 11.1 Å². The molecule has 0 saturated heterocycles. The molecule has 2 aromatic rings. The highest BCUT2D eigenvalue weighted by Gasteiger charge is 2.43. The molecule has 0 bridgehead atoms. The summed E-state index contributed by atoms with van der Waals surface area (Å²) in [6, 6.07) is 13.7. The van der Waals surface area contributed by atoms with Gasteiger partial charge in [-0.2, -0.15) is 17.6 Å². The van der Waals surface area contributed by atoms with Crippen LogP contribution in [0, 0.1) is 6.07 Å². The maximum Gasteiger partial charge on any atom is 0.461 e. The van der Waals surface area contributed by atoms with Gasteiger partial charge in [0, 0.05) is 5.56 Å². The van der Waals surface area contributed by atoms with Crippen LogP contribution in [0.1, 0.15) is 19.8 Å². The molecule has 0 unspecified atom stereocenters. The monoisotopic (exact) mass is 341 g/mol. The first-order chi connectivity index (χ1) is 11.4. The Morgan fingerprint density at radius 2 is 1.83 bits per heavy atom. The summed E-state index contributed by atoms with van der Waals surface area (Å²) in [5.41, 5.74) is 1.33. The zero-order valence-corrected chi connectivity index (χ0v) is 13.1. The number of hydrogen-bond donors (Lipinski definition) is 0. The van der Waals surface area contributed by atoms with E-state index in [1.165, 1.54) is 24.3 Å². The third kappa shape index (κ3) is 4.63. The second-order valence-corrected chi connectivity index (χ2v) is 5.10. The van der Waals surface area contributed by atoms with Crippen molar-refractivity contribution in [1.29, 1.82) is 0 Å². The van der Waals surface area contributed by atoms with Crippen molar-refractivity contribution in [3.05, 3.63) is 48.5 Å². The quantitative estimate of drug-likeness (QED) is 0.462. The molecule has 0 aliphatic carbocycles. The highest BCUT2D eigenvalue weighted by atomic mass is 19.3. The molecule has 0 aliphatic rings. The van der Waals surface area contributed by atoms with Crippen LogP contribution in [0.3, 0.4) is 0 Å². The van der Waals surface area contributed by atoms with E-state index in [1.807, 2.05) is 0 Å². The molecule has 129 valence electrons. The molecule has 0 amide bonds. The van der Waals surface area contributed by atoms with Gasteiger partial charge in [-0.15, -0.1) is 0 Å². The van der Waals surface area contributed by atoms with Crippen LogP contribution in [-0.4, -0.2) is 19.1 Å². The third-order valence-corrected chi connectivity index (χ3v) is 3.22. The van der Waals surface area contributed by atoms with Gasteiger partial charge in [0.25, 0.3) is 0 Å². The van der Waals surface area contributed by atoms with Gasteiger partial charge in [-0.1, -0.05) is 37.6 Å². The summed E-state index contributed by atoms with van der Waals surface area (Å²) in [5, 5.41) is 0. The van der Waals surface area contributed by atoms with E-state index in [2.05, 4.69) is 17.7 Å². The lowest BCUT2D eigenvalue weighted by Gasteiger charge is -2.17. The van der Waals surface area contributed by atoms with Gasteiger partial charge in [-0.3, -0.25) is 0 Å². The fourth-order valence-electron chi connectivity index (χ4n) is 1.99. The second kappa shape index (κ2) is 8.04. The Balaban J connectivity index is 2.16. The van der Waals surface area contributed by atoms with Crippen LogP contribution >= 0.6 is 0 Å². The molecular formula is C18H17F4O2. The first-order valence-electron chi connectivity index (χ1n) is 7.53. The van der Waals surface area contributed by atoms with Gasteiger partial charge in [-0.25, -0.2) is 0 Å². The van der Waals surface area contributed by atoms with E-state index < -0.39 is 12.5 Å². The molecule has 2 nitrogen and oxygen atoms in total. The molecule has 0 spiro atoms. The van der Waals surface area contributed by atoms with E-state index in [0.717, 1.165) is 12.8 Å². The summed E-state index contributed by atoms with van der Waals surface area (Å²) >= 11 is 0. The van der Waals surface area contributed by atoms with Crippen molar-refractivity contribution < 1.29 is 27.0 Å². The highest BCUT2D eigenvalue weighted by molar-refractivity contribution is 5.70. The lowest BCUT2D eigenvalue weighted by atomic mass is 10.0. The number of unbranched alkanes of at least 4 members (excludes halogenated alkanes) is 1. The number of alkyl halides is 4. The lowest BCUT2D eigenvalue weighted by Crippen LogP contribution is -2.33. The molecule has 0 aromatic heterocycles. The van der Waals surface area contributed by atoms with Crippen LogP contribution in [0.2, 0.25) is 0 Å². The zero-order valence-electron chi connectivity index (χ0n) is 13.1. The third-order valence-electron chi connectivity index (χ3n) is 3.22. The SMILES string of the molecule is CCCCOc1ccc[c]c1-c1ccc(OC(F)(F)C(F)F)cc1. The summed E-state index contributed by atoms with van der Waals surface area (Å²) in [6.07, 6.45) is -6.51. The van der Waals surface area contributed by atoms with E-state index in [4.69, 9.17) is 4.74 Å². The smallest absolute Gasteiger partial charge is 0.461 e.